The Labute approximate surface area is 136 Å². The van der Waals surface area contributed by atoms with E-state index in [1.54, 1.807) is 6.07 Å². The summed E-state index contributed by atoms with van der Waals surface area (Å²) in [4.78, 5) is 16.3. The standard InChI is InChI=1S/C18H12FNO2S/c19-12-3-5-17-14(10-12)20-18(23-17)6-2-11-1-4-16-13(9-11)15(21)7-8-22-16/h1-6,9-10H,7-8H2/b6-2+. The molecule has 2 aromatic carbocycles. The van der Waals surface area contributed by atoms with E-state index in [0.717, 1.165) is 15.3 Å². The van der Waals surface area contributed by atoms with E-state index < -0.39 is 0 Å². The largest absolute Gasteiger partial charge is 0.492 e. The fourth-order valence-electron chi connectivity index (χ4n) is 2.54. The summed E-state index contributed by atoms with van der Waals surface area (Å²) in [6.45, 7) is 0.448. The van der Waals surface area contributed by atoms with E-state index in [4.69, 9.17) is 4.74 Å². The number of fused-ring (bicyclic) bond motifs is 2. The molecule has 3 aromatic rings. The maximum Gasteiger partial charge on any atom is 0.170 e. The Morgan fingerprint density at radius 1 is 1.17 bits per heavy atom. The normalized spacial score (nSPS) is 14.2. The first-order valence-electron chi connectivity index (χ1n) is 7.23. The van der Waals surface area contributed by atoms with E-state index in [1.807, 2.05) is 30.4 Å². The molecule has 0 unspecified atom stereocenters. The molecule has 3 nitrogen and oxygen atoms in total. The Morgan fingerprint density at radius 2 is 2.09 bits per heavy atom. The topological polar surface area (TPSA) is 39.2 Å². The summed E-state index contributed by atoms with van der Waals surface area (Å²) in [7, 11) is 0. The van der Waals surface area contributed by atoms with Gasteiger partial charge in [0.15, 0.2) is 5.78 Å². The molecular weight excluding hydrogens is 313 g/mol. The first-order chi connectivity index (χ1) is 11.2. The van der Waals surface area contributed by atoms with Crippen molar-refractivity contribution in [1.82, 2.24) is 4.98 Å². The van der Waals surface area contributed by atoms with Gasteiger partial charge >= 0.3 is 0 Å². The van der Waals surface area contributed by atoms with Crippen molar-refractivity contribution in [1.29, 1.82) is 0 Å². The molecule has 0 atom stereocenters. The van der Waals surface area contributed by atoms with Crippen LogP contribution in [0.4, 0.5) is 4.39 Å². The van der Waals surface area contributed by atoms with Crippen molar-refractivity contribution in [3.63, 3.8) is 0 Å². The number of rotatable bonds is 2. The molecule has 0 saturated heterocycles. The molecule has 1 aliphatic heterocycles. The molecule has 4 rings (SSSR count). The summed E-state index contributed by atoms with van der Waals surface area (Å²) in [6, 6.07) is 10.1. The van der Waals surface area contributed by atoms with Gasteiger partial charge in [-0.15, -0.1) is 11.3 Å². The molecule has 0 N–H and O–H groups in total. The lowest BCUT2D eigenvalue weighted by molar-refractivity contribution is 0.0933. The molecule has 0 radical (unpaired) electrons. The summed E-state index contributed by atoms with van der Waals surface area (Å²) < 4.78 is 19.6. The van der Waals surface area contributed by atoms with Crippen molar-refractivity contribution in [2.75, 3.05) is 6.61 Å². The van der Waals surface area contributed by atoms with Crippen LogP contribution in [0.2, 0.25) is 0 Å². The molecule has 0 saturated carbocycles. The van der Waals surface area contributed by atoms with Crippen LogP contribution in [-0.2, 0) is 0 Å². The quantitative estimate of drug-likeness (QED) is 0.693. The van der Waals surface area contributed by atoms with Gasteiger partial charge in [-0.05, 0) is 35.9 Å². The molecule has 0 bridgehead atoms. The van der Waals surface area contributed by atoms with Crippen molar-refractivity contribution in [3.8, 4) is 5.75 Å². The van der Waals surface area contributed by atoms with Gasteiger partial charge in [-0.3, -0.25) is 4.79 Å². The monoisotopic (exact) mass is 325 g/mol. The van der Waals surface area contributed by atoms with Gasteiger partial charge in [0.2, 0.25) is 0 Å². The van der Waals surface area contributed by atoms with E-state index in [9.17, 15) is 9.18 Å². The highest BCUT2D eigenvalue weighted by Gasteiger charge is 2.18. The molecule has 0 amide bonds. The third-order valence-corrected chi connectivity index (χ3v) is 4.68. The van der Waals surface area contributed by atoms with Crippen LogP contribution in [0, 0.1) is 5.82 Å². The van der Waals surface area contributed by atoms with Crippen LogP contribution < -0.4 is 4.74 Å². The predicted molar refractivity (Wildman–Crippen MR) is 89.4 cm³/mol. The van der Waals surface area contributed by atoms with Gasteiger partial charge in [-0.2, -0.15) is 0 Å². The number of hydrogen-bond donors (Lipinski definition) is 0. The zero-order valence-corrected chi connectivity index (χ0v) is 12.9. The number of halogens is 1. The van der Waals surface area contributed by atoms with Gasteiger partial charge in [0.25, 0.3) is 0 Å². The van der Waals surface area contributed by atoms with Crippen molar-refractivity contribution in [3.05, 3.63) is 58.3 Å². The molecule has 5 heteroatoms. The number of carbonyl (C=O) groups excluding carboxylic acids is 1. The van der Waals surface area contributed by atoms with Crippen LogP contribution >= 0.6 is 11.3 Å². The fraction of sp³-hybridized carbons (Fsp3) is 0.111. The average Bonchev–Trinajstić information content (AvgIpc) is 2.95. The van der Waals surface area contributed by atoms with E-state index in [1.165, 1.54) is 23.5 Å². The molecule has 1 aromatic heterocycles. The van der Waals surface area contributed by atoms with Gasteiger partial charge in [0.05, 0.1) is 22.4 Å². The molecule has 1 aliphatic rings. The van der Waals surface area contributed by atoms with Gasteiger partial charge in [-0.1, -0.05) is 12.1 Å². The second-order valence-electron chi connectivity index (χ2n) is 5.27. The lowest BCUT2D eigenvalue weighted by Crippen LogP contribution is -2.15. The van der Waals surface area contributed by atoms with E-state index in [-0.39, 0.29) is 11.6 Å². The Kier molecular flexibility index (Phi) is 3.42. The van der Waals surface area contributed by atoms with Crippen LogP contribution in [0.1, 0.15) is 27.3 Å². The Morgan fingerprint density at radius 3 is 3.00 bits per heavy atom. The lowest BCUT2D eigenvalue weighted by Gasteiger charge is -2.16. The van der Waals surface area contributed by atoms with E-state index >= 15 is 0 Å². The van der Waals surface area contributed by atoms with Crippen molar-refractivity contribution in [2.45, 2.75) is 6.42 Å². The average molecular weight is 325 g/mol. The number of nitrogens with zero attached hydrogens (tertiary/aromatic N) is 1. The minimum absolute atomic E-state index is 0.108. The first-order valence-corrected chi connectivity index (χ1v) is 8.05. The molecular formula is C18H12FNO2S. The Hall–Kier alpha value is -2.53. The number of ketones is 1. The number of Topliss-reactive ketones (excluding diaryl/α,β-unsaturated/α-hetero) is 1. The van der Waals surface area contributed by atoms with Gasteiger partial charge in [-0.25, -0.2) is 9.37 Å². The summed E-state index contributed by atoms with van der Waals surface area (Å²) in [6.07, 6.45) is 4.19. The Bertz CT molecular complexity index is 945. The van der Waals surface area contributed by atoms with Gasteiger partial charge in [0, 0.05) is 12.5 Å². The van der Waals surface area contributed by atoms with Crippen LogP contribution in [0.15, 0.2) is 36.4 Å². The molecule has 0 aliphatic carbocycles. The van der Waals surface area contributed by atoms with Crippen LogP contribution in [0.25, 0.3) is 22.4 Å². The lowest BCUT2D eigenvalue weighted by atomic mass is 10.0. The third-order valence-electron chi connectivity index (χ3n) is 3.68. The van der Waals surface area contributed by atoms with Gasteiger partial charge in [0.1, 0.15) is 16.6 Å². The van der Waals surface area contributed by atoms with E-state index in [2.05, 4.69) is 4.98 Å². The molecule has 0 fully saturated rings. The first kappa shape index (κ1) is 14.1. The van der Waals surface area contributed by atoms with Crippen LogP contribution in [0.5, 0.6) is 5.75 Å². The van der Waals surface area contributed by atoms with Crippen LogP contribution in [-0.4, -0.2) is 17.4 Å². The summed E-state index contributed by atoms with van der Waals surface area (Å²) >= 11 is 1.50. The number of hydrogen-bond acceptors (Lipinski definition) is 4. The Balaban J connectivity index is 1.65. The molecule has 114 valence electrons. The number of carbonyl (C=O) groups is 1. The third kappa shape index (κ3) is 2.75. The number of benzene rings is 2. The number of aromatic nitrogens is 1. The van der Waals surface area contributed by atoms with Crippen molar-refractivity contribution >= 4 is 39.5 Å². The predicted octanol–water partition coefficient (Wildman–Crippen LogP) is 4.57. The highest BCUT2D eigenvalue weighted by molar-refractivity contribution is 7.19. The smallest absolute Gasteiger partial charge is 0.170 e. The van der Waals surface area contributed by atoms with E-state index in [0.29, 0.717) is 29.9 Å². The van der Waals surface area contributed by atoms with Crippen molar-refractivity contribution in [2.24, 2.45) is 0 Å². The second-order valence-corrected chi connectivity index (χ2v) is 6.34. The maximum atomic E-state index is 13.2. The molecule has 0 spiro atoms. The fourth-order valence-corrected chi connectivity index (χ4v) is 3.39. The number of thiazole rings is 1. The molecule has 2 heterocycles. The number of ether oxygens (including phenoxy) is 1. The zero-order valence-electron chi connectivity index (χ0n) is 12.1. The van der Waals surface area contributed by atoms with Crippen molar-refractivity contribution < 1.29 is 13.9 Å². The zero-order chi connectivity index (χ0) is 15.8. The second kappa shape index (κ2) is 5.59. The SMILES string of the molecule is O=C1CCOc2ccc(/C=C/c3nc4cc(F)ccc4s3)cc21. The minimum Gasteiger partial charge on any atom is -0.492 e. The summed E-state index contributed by atoms with van der Waals surface area (Å²) in [5.41, 5.74) is 2.20. The van der Waals surface area contributed by atoms with Gasteiger partial charge < -0.3 is 4.74 Å². The highest BCUT2D eigenvalue weighted by atomic mass is 32.1. The summed E-state index contributed by atoms with van der Waals surface area (Å²) in [5, 5.41) is 0.797. The minimum atomic E-state index is -0.286. The van der Waals surface area contributed by atoms with Crippen LogP contribution in [0.3, 0.4) is 0 Å². The highest BCUT2D eigenvalue weighted by Crippen LogP contribution is 2.27. The maximum absolute atomic E-state index is 13.2. The summed E-state index contributed by atoms with van der Waals surface area (Å²) in [5.74, 6) is 0.470. The molecule has 23 heavy (non-hydrogen) atoms.